The van der Waals surface area contributed by atoms with Crippen molar-refractivity contribution in [3.8, 4) is 0 Å². The second-order valence-electron chi connectivity index (χ2n) is 2.26. The first-order valence-corrected chi connectivity index (χ1v) is 4.41. The van der Waals surface area contributed by atoms with Gasteiger partial charge in [0, 0.05) is 5.02 Å². The summed E-state index contributed by atoms with van der Waals surface area (Å²) >= 11 is 8.29. The molecule has 0 fully saturated rings. The lowest BCUT2D eigenvalue weighted by molar-refractivity contribution is -0.117. The van der Waals surface area contributed by atoms with Crippen LogP contribution in [0.2, 0.25) is 5.02 Å². The zero-order valence-corrected chi connectivity index (χ0v) is 8.34. The Morgan fingerprint density at radius 2 is 1.92 bits per heavy atom. The minimum atomic E-state index is -1.11. The fraction of sp³-hybridized carbons (Fsp3) is 0.125. The molecule has 0 amide bonds. The number of aliphatic hydroxyl groups excluding tert-OH is 1. The zero-order chi connectivity index (χ0) is 9.14. The Bertz CT molecular complexity index is 284. The number of hydrogen-bond acceptors (Lipinski definition) is 2. The fourth-order valence-electron chi connectivity index (χ4n) is 0.776. The van der Waals surface area contributed by atoms with E-state index in [0.29, 0.717) is 10.6 Å². The molecule has 0 unspecified atom stereocenters. The molecule has 1 aromatic rings. The number of halogens is 2. The van der Waals surface area contributed by atoms with Crippen LogP contribution < -0.4 is 0 Å². The molecule has 0 bridgehead atoms. The average molecular weight is 249 g/mol. The molecule has 12 heavy (non-hydrogen) atoms. The summed E-state index contributed by atoms with van der Waals surface area (Å²) in [5.74, 6) is 0. The van der Waals surface area contributed by atoms with E-state index in [0.717, 1.165) is 0 Å². The molecule has 0 aliphatic heterocycles. The van der Waals surface area contributed by atoms with Gasteiger partial charge in [0.25, 0.3) is 0 Å². The minimum absolute atomic E-state index is 0.454. The lowest BCUT2D eigenvalue weighted by atomic mass is 10.1. The van der Waals surface area contributed by atoms with Crippen molar-refractivity contribution >= 4 is 32.2 Å². The predicted molar refractivity (Wildman–Crippen MR) is 50.3 cm³/mol. The molecule has 0 aromatic heterocycles. The van der Waals surface area contributed by atoms with E-state index in [-0.39, 0.29) is 0 Å². The first kappa shape index (κ1) is 9.71. The van der Waals surface area contributed by atoms with E-state index >= 15 is 0 Å². The summed E-state index contributed by atoms with van der Waals surface area (Å²) in [6.45, 7) is 0. The Morgan fingerprint density at radius 1 is 1.42 bits per heavy atom. The monoisotopic (exact) mass is 248 g/mol. The van der Waals surface area contributed by atoms with Crippen LogP contribution in [0.1, 0.15) is 11.7 Å². The maximum absolute atomic E-state index is 10.7. The first-order valence-electron chi connectivity index (χ1n) is 3.24. The highest BCUT2D eigenvalue weighted by Gasteiger charge is 2.13. The van der Waals surface area contributed by atoms with Crippen LogP contribution in [0.3, 0.4) is 0 Å². The highest BCUT2D eigenvalue weighted by atomic mass is 79.9. The highest BCUT2D eigenvalue weighted by Crippen LogP contribution is 2.18. The predicted octanol–water partition coefficient (Wildman–Crippen LogP) is 2.29. The van der Waals surface area contributed by atoms with Crippen LogP contribution in [0, 0.1) is 0 Å². The fourth-order valence-corrected chi connectivity index (χ4v) is 1.17. The molecule has 4 heteroatoms. The third-order valence-corrected chi connectivity index (χ3v) is 2.09. The zero-order valence-electron chi connectivity index (χ0n) is 6.00. The molecule has 0 saturated heterocycles. The molecular weight excluding hydrogens is 243 g/mol. The van der Waals surface area contributed by atoms with Crippen LogP contribution in [-0.4, -0.2) is 9.80 Å². The number of hydrogen-bond donors (Lipinski definition) is 1. The maximum Gasteiger partial charge on any atom is 0.230 e. The summed E-state index contributed by atoms with van der Waals surface area (Å²) in [6.07, 6.45) is -1.11. The van der Waals surface area contributed by atoms with Gasteiger partial charge in [-0.05, 0) is 33.6 Å². The van der Waals surface area contributed by atoms with Crippen molar-refractivity contribution in [2.45, 2.75) is 6.10 Å². The van der Waals surface area contributed by atoms with E-state index in [4.69, 9.17) is 11.6 Å². The van der Waals surface area contributed by atoms with E-state index in [1.165, 1.54) is 0 Å². The van der Waals surface area contributed by atoms with E-state index in [1.54, 1.807) is 24.3 Å². The molecule has 1 aromatic carbocycles. The van der Waals surface area contributed by atoms with Crippen molar-refractivity contribution in [3.63, 3.8) is 0 Å². The summed E-state index contributed by atoms with van der Waals surface area (Å²) in [5.41, 5.74) is 0.529. The van der Waals surface area contributed by atoms with Crippen molar-refractivity contribution < 1.29 is 9.90 Å². The van der Waals surface area contributed by atoms with Crippen molar-refractivity contribution in [1.29, 1.82) is 0 Å². The summed E-state index contributed by atoms with van der Waals surface area (Å²) in [5, 5.41) is 9.83. The van der Waals surface area contributed by atoms with Crippen LogP contribution in [-0.2, 0) is 4.79 Å². The van der Waals surface area contributed by atoms with Gasteiger partial charge >= 0.3 is 0 Å². The number of benzene rings is 1. The van der Waals surface area contributed by atoms with Gasteiger partial charge < -0.3 is 5.11 Å². The van der Waals surface area contributed by atoms with E-state index in [9.17, 15) is 9.90 Å². The second kappa shape index (κ2) is 4.03. The van der Waals surface area contributed by atoms with Gasteiger partial charge in [0.2, 0.25) is 4.69 Å². The molecular formula is C8H6BrClO2. The Balaban J connectivity index is 2.89. The average Bonchev–Trinajstić information content (AvgIpc) is 2.04. The number of rotatable bonds is 2. The van der Waals surface area contributed by atoms with Gasteiger partial charge in [-0.1, -0.05) is 23.7 Å². The van der Waals surface area contributed by atoms with Crippen LogP contribution >= 0.6 is 27.5 Å². The van der Waals surface area contributed by atoms with Gasteiger partial charge in [-0.15, -0.1) is 0 Å². The van der Waals surface area contributed by atoms with Gasteiger partial charge in [-0.2, -0.15) is 0 Å². The highest BCUT2D eigenvalue weighted by molar-refractivity contribution is 9.18. The molecule has 0 spiro atoms. The van der Waals surface area contributed by atoms with Crippen molar-refractivity contribution in [3.05, 3.63) is 34.9 Å². The number of aliphatic hydroxyl groups is 1. The maximum atomic E-state index is 10.7. The largest absolute Gasteiger partial charge is 0.380 e. The van der Waals surface area contributed by atoms with E-state index < -0.39 is 10.8 Å². The molecule has 1 atom stereocenters. The van der Waals surface area contributed by atoms with Gasteiger partial charge in [-0.25, -0.2) is 0 Å². The Kier molecular flexibility index (Phi) is 3.26. The third-order valence-electron chi connectivity index (χ3n) is 1.40. The molecule has 1 rings (SSSR count). The van der Waals surface area contributed by atoms with Gasteiger partial charge in [0.05, 0.1) is 0 Å². The number of carbonyl (C=O) groups excluding carboxylic acids is 1. The molecule has 0 radical (unpaired) electrons. The van der Waals surface area contributed by atoms with Crippen LogP contribution in [0.25, 0.3) is 0 Å². The molecule has 0 aliphatic carbocycles. The van der Waals surface area contributed by atoms with Crippen molar-refractivity contribution in [2.75, 3.05) is 0 Å². The molecule has 0 aliphatic rings. The van der Waals surface area contributed by atoms with E-state index in [2.05, 4.69) is 15.9 Å². The molecule has 64 valence electrons. The third kappa shape index (κ3) is 2.30. The van der Waals surface area contributed by atoms with Gasteiger partial charge in [0.15, 0.2) is 0 Å². The summed E-state index contributed by atoms with van der Waals surface area (Å²) < 4.78 is -0.454. The van der Waals surface area contributed by atoms with Crippen LogP contribution in [0.15, 0.2) is 24.3 Å². The lowest BCUT2D eigenvalue weighted by Gasteiger charge is -2.04. The Morgan fingerprint density at radius 3 is 2.33 bits per heavy atom. The summed E-state index contributed by atoms with van der Waals surface area (Å²) in [4.78, 5) is 10.7. The Labute approximate surface area is 83.3 Å². The van der Waals surface area contributed by atoms with Crippen molar-refractivity contribution in [1.82, 2.24) is 0 Å². The van der Waals surface area contributed by atoms with Gasteiger partial charge in [-0.3, -0.25) is 4.79 Å². The van der Waals surface area contributed by atoms with Crippen LogP contribution in [0.5, 0.6) is 0 Å². The SMILES string of the molecule is O=C(Br)[C@@H](O)c1ccc(Cl)cc1. The quantitative estimate of drug-likeness (QED) is 0.817. The topological polar surface area (TPSA) is 37.3 Å². The summed E-state index contributed by atoms with van der Waals surface area (Å²) in [6, 6.07) is 6.45. The van der Waals surface area contributed by atoms with Gasteiger partial charge in [0.1, 0.15) is 6.10 Å². The molecule has 0 heterocycles. The molecule has 1 N–H and O–H groups in total. The second-order valence-corrected chi connectivity index (χ2v) is 3.48. The Hall–Kier alpha value is -0.380. The summed E-state index contributed by atoms with van der Waals surface area (Å²) in [7, 11) is 0. The lowest BCUT2D eigenvalue weighted by Crippen LogP contribution is -2.03. The normalized spacial score (nSPS) is 12.6. The first-order chi connectivity index (χ1) is 5.61. The van der Waals surface area contributed by atoms with Crippen LogP contribution in [0.4, 0.5) is 0 Å². The smallest absolute Gasteiger partial charge is 0.230 e. The van der Waals surface area contributed by atoms with E-state index in [1.807, 2.05) is 0 Å². The molecule has 0 saturated carbocycles. The standard InChI is InChI=1S/C8H6BrClO2/c9-8(12)7(11)5-1-3-6(10)4-2-5/h1-4,7,11H/t7-/m0/s1. The number of carbonyl (C=O) groups is 1. The van der Waals surface area contributed by atoms with Crippen molar-refractivity contribution in [2.24, 2.45) is 0 Å². The minimum Gasteiger partial charge on any atom is -0.380 e. The molecule has 2 nitrogen and oxygen atoms in total.